The van der Waals surface area contributed by atoms with Crippen molar-refractivity contribution in [3.63, 3.8) is 0 Å². The SMILES string of the molecule is CCC(C)N(C)CCNc1ccc2c(n1)CCC2. The lowest BCUT2D eigenvalue weighted by Gasteiger charge is -2.23. The van der Waals surface area contributed by atoms with E-state index in [4.69, 9.17) is 0 Å². The van der Waals surface area contributed by atoms with Crippen molar-refractivity contribution in [2.24, 2.45) is 0 Å². The Balaban J connectivity index is 1.80. The third kappa shape index (κ3) is 3.22. The maximum Gasteiger partial charge on any atom is 0.126 e. The summed E-state index contributed by atoms with van der Waals surface area (Å²) in [5.41, 5.74) is 2.74. The first-order chi connectivity index (χ1) is 8.70. The molecule has 0 fully saturated rings. The van der Waals surface area contributed by atoms with Crippen molar-refractivity contribution in [3.8, 4) is 0 Å². The van der Waals surface area contributed by atoms with Gasteiger partial charge in [-0.15, -0.1) is 0 Å². The van der Waals surface area contributed by atoms with E-state index in [2.05, 4.69) is 48.2 Å². The second kappa shape index (κ2) is 6.19. The van der Waals surface area contributed by atoms with Gasteiger partial charge in [-0.25, -0.2) is 4.98 Å². The second-order valence-corrected chi connectivity index (χ2v) is 5.32. The Morgan fingerprint density at radius 3 is 3.00 bits per heavy atom. The van der Waals surface area contributed by atoms with Crippen LogP contribution in [0.25, 0.3) is 0 Å². The number of hydrogen-bond acceptors (Lipinski definition) is 3. The van der Waals surface area contributed by atoms with Crippen molar-refractivity contribution in [1.82, 2.24) is 9.88 Å². The summed E-state index contributed by atoms with van der Waals surface area (Å²) in [5.74, 6) is 1.04. The molecule has 0 aromatic carbocycles. The van der Waals surface area contributed by atoms with Crippen LogP contribution in [0.1, 0.15) is 37.9 Å². The molecule has 1 atom stereocenters. The largest absolute Gasteiger partial charge is 0.369 e. The molecule has 1 aromatic rings. The fraction of sp³-hybridized carbons (Fsp3) is 0.667. The van der Waals surface area contributed by atoms with Crippen molar-refractivity contribution in [1.29, 1.82) is 0 Å². The third-order valence-electron chi connectivity index (χ3n) is 4.04. The lowest BCUT2D eigenvalue weighted by atomic mass is 10.2. The number of likely N-dealkylation sites (N-methyl/N-ethyl adjacent to an activating group) is 1. The number of rotatable bonds is 6. The standard InChI is InChI=1S/C15H25N3/c1-4-12(2)18(3)11-10-16-15-9-8-13-6-5-7-14(13)17-15/h8-9,12H,4-7,10-11H2,1-3H3,(H,16,17). The molecule has 18 heavy (non-hydrogen) atoms. The fourth-order valence-corrected chi connectivity index (χ4v) is 2.41. The van der Waals surface area contributed by atoms with E-state index in [1.54, 1.807) is 0 Å². The van der Waals surface area contributed by atoms with Crippen LogP contribution in [0.5, 0.6) is 0 Å². The van der Waals surface area contributed by atoms with E-state index in [1.165, 1.54) is 30.5 Å². The Hall–Kier alpha value is -1.09. The third-order valence-corrected chi connectivity index (χ3v) is 4.04. The highest BCUT2D eigenvalue weighted by atomic mass is 15.1. The molecule has 0 saturated heterocycles. The predicted octanol–water partition coefficient (Wildman–Crippen LogP) is 2.71. The average Bonchev–Trinajstić information content (AvgIpc) is 2.85. The molecule has 3 heteroatoms. The quantitative estimate of drug-likeness (QED) is 0.838. The van der Waals surface area contributed by atoms with E-state index < -0.39 is 0 Å². The predicted molar refractivity (Wildman–Crippen MR) is 77.1 cm³/mol. The van der Waals surface area contributed by atoms with Crippen LogP contribution < -0.4 is 5.32 Å². The first kappa shape index (κ1) is 13.3. The van der Waals surface area contributed by atoms with Crippen LogP contribution in [0.3, 0.4) is 0 Å². The number of aromatic nitrogens is 1. The van der Waals surface area contributed by atoms with Gasteiger partial charge in [-0.05, 0) is 51.3 Å². The molecule has 1 aliphatic rings. The van der Waals surface area contributed by atoms with Crippen molar-refractivity contribution in [2.75, 3.05) is 25.5 Å². The summed E-state index contributed by atoms with van der Waals surface area (Å²) in [4.78, 5) is 7.07. The first-order valence-corrected chi connectivity index (χ1v) is 7.13. The number of pyridine rings is 1. The maximum atomic E-state index is 4.69. The summed E-state index contributed by atoms with van der Waals surface area (Å²) < 4.78 is 0. The molecule has 0 radical (unpaired) electrons. The molecule has 0 amide bonds. The van der Waals surface area contributed by atoms with E-state index in [9.17, 15) is 0 Å². The topological polar surface area (TPSA) is 28.2 Å². The van der Waals surface area contributed by atoms with E-state index in [-0.39, 0.29) is 0 Å². The molecule has 0 bridgehead atoms. The van der Waals surface area contributed by atoms with Crippen LogP contribution in [0.15, 0.2) is 12.1 Å². The van der Waals surface area contributed by atoms with Crippen molar-refractivity contribution < 1.29 is 0 Å². The lowest BCUT2D eigenvalue weighted by Crippen LogP contribution is -2.32. The summed E-state index contributed by atoms with van der Waals surface area (Å²) in [7, 11) is 2.19. The van der Waals surface area contributed by atoms with E-state index in [0.717, 1.165) is 25.3 Å². The van der Waals surface area contributed by atoms with Gasteiger partial charge in [0.1, 0.15) is 5.82 Å². The molecule has 0 spiro atoms. The Morgan fingerprint density at radius 1 is 1.39 bits per heavy atom. The summed E-state index contributed by atoms with van der Waals surface area (Å²) in [6, 6.07) is 5.00. The molecule has 100 valence electrons. The Labute approximate surface area is 111 Å². The number of nitrogens with zero attached hydrogens (tertiary/aromatic N) is 2. The Bertz CT molecular complexity index is 389. The van der Waals surface area contributed by atoms with Crippen LogP contribution in [-0.2, 0) is 12.8 Å². The van der Waals surface area contributed by atoms with E-state index in [1.807, 2.05) is 0 Å². The zero-order valence-electron chi connectivity index (χ0n) is 11.9. The molecule has 1 heterocycles. The van der Waals surface area contributed by atoms with Gasteiger partial charge in [-0.3, -0.25) is 0 Å². The number of fused-ring (bicyclic) bond motifs is 1. The van der Waals surface area contributed by atoms with Gasteiger partial charge in [0.05, 0.1) is 0 Å². The normalized spacial score (nSPS) is 15.8. The molecule has 0 aliphatic heterocycles. The smallest absolute Gasteiger partial charge is 0.126 e. The second-order valence-electron chi connectivity index (χ2n) is 5.32. The number of anilines is 1. The van der Waals surface area contributed by atoms with E-state index in [0.29, 0.717) is 6.04 Å². The van der Waals surface area contributed by atoms with Gasteiger partial charge < -0.3 is 10.2 Å². The first-order valence-electron chi connectivity index (χ1n) is 7.13. The molecule has 1 unspecified atom stereocenters. The van der Waals surface area contributed by atoms with Crippen molar-refractivity contribution in [3.05, 3.63) is 23.4 Å². The van der Waals surface area contributed by atoms with Gasteiger partial charge in [-0.1, -0.05) is 13.0 Å². The van der Waals surface area contributed by atoms with Crippen LogP contribution in [0, 0.1) is 0 Å². The average molecular weight is 247 g/mol. The highest BCUT2D eigenvalue weighted by Crippen LogP contribution is 2.21. The molecule has 3 nitrogen and oxygen atoms in total. The maximum absolute atomic E-state index is 4.69. The minimum absolute atomic E-state index is 0.653. The highest BCUT2D eigenvalue weighted by molar-refractivity contribution is 5.40. The monoisotopic (exact) mass is 247 g/mol. The Kier molecular flexibility index (Phi) is 4.59. The summed E-state index contributed by atoms with van der Waals surface area (Å²) >= 11 is 0. The molecule has 1 N–H and O–H groups in total. The van der Waals surface area contributed by atoms with Crippen LogP contribution in [0.2, 0.25) is 0 Å². The zero-order valence-corrected chi connectivity index (χ0v) is 11.9. The molecule has 1 aliphatic carbocycles. The molecular weight excluding hydrogens is 222 g/mol. The van der Waals surface area contributed by atoms with Crippen LogP contribution in [-0.4, -0.2) is 36.1 Å². The van der Waals surface area contributed by atoms with Gasteiger partial charge >= 0.3 is 0 Å². The van der Waals surface area contributed by atoms with Crippen LogP contribution in [0.4, 0.5) is 5.82 Å². The molecule has 1 aromatic heterocycles. The number of hydrogen-bond donors (Lipinski definition) is 1. The summed E-state index contributed by atoms with van der Waals surface area (Å²) in [6.07, 6.45) is 4.83. The Morgan fingerprint density at radius 2 is 2.22 bits per heavy atom. The summed E-state index contributed by atoms with van der Waals surface area (Å²) in [6.45, 7) is 6.53. The zero-order chi connectivity index (χ0) is 13.0. The molecular formula is C15H25N3. The van der Waals surface area contributed by atoms with Gasteiger partial charge in [0.15, 0.2) is 0 Å². The highest BCUT2D eigenvalue weighted by Gasteiger charge is 2.12. The summed E-state index contributed by atoms with van der Waals surface area (Å²) in [5, 5.41) is 3.43. The minimum atomic E-state index is 0.653. The van der Waals surface area contributed by atoms with Gasteiger partial charge in [-0.2, -0.15) is 0 Å². The lowest BCUT2D eigenvalue weighted by molar-refractivity contribution is 0.261. The number of nitrogens with one attached hydrogen (secondary N) is 1. The van der Waals surface area contributed by atoms with E-state index >= 15 is 0 Å². The van der Waals surface area contributed by atoms with Gasteiger partial charge in [0.25, 0.3) is 0 Å². The fourth-order valence-electron chi connectivity index (χ4n) is 2.41. The molecule has 0 saturated carbocycles. The van der Waals surface area contributed by atoms with Crippen molar-refractivity contribution in [2.45, 2.75) is 45.6 Å². The van der Waals surface area contributed by atoms with Gasteiger partial charge in [0, 0.05) is 24.8 Å². The van der Waals surface area contributed by atoms with Crippen molar-refractivity contribution >= 4 is 5.82 Å². The van der Waals surface area contributed by atoms with Gasteiger partial charge in [0.2, 0.25) is 0 Å². The minimum Gasteiger partial charge on any atom is -0.369 e. The van der Waals surface area contributed by atoms with Crippen LogP contribution >= 0.6 is 0 Å². The number of aryl methyl sites for hydroxylation is 2. The molecule has 2 rings (SSSR count).